The molecule has 140 valence electrons. The number of aliphatic hydroxyl groups excluding tert-OH is 1. The zero-order chi connectivity index (χ0) is 18.8. The third kappa shape index (κ3) is 4.92. The second-order valence-corrected chi connectivity index (χ2v) is 6.47. The molecule has 4 atom stereocenters. The van der Waals surface area contributed by atoms with E-state index in [-0.39, 0.29) is 5.82 Å². The molecule has 2 rings (SSSR count). The average Bonchev–Trinajstić information content (AvgIpc) is 2.80. The van der Waals surface area contributed by atoms with Gasteiger partial charge in [-0.3, -0.25) is 13.9 Å². The minimum Gasteiger partial charge on any atom is -0.387 e. The van der Waals surface area contributed by atoms with Gasteiger partial charge >= 0.3 is 13.5 Å². The Morgan fingerprint density at radius 3 is 2.72 bits per heavy atom. The van der Waals surface area contributed by atoms with Gasteiger partial charge in [0.1, 0.15) is 24.1 Å². The number of anilines is 1. The van der Waals surface area contributed by atoms with E-state index in [0.717, 1.165) is 4.57 Å². The number of hydrogen-bond acceptors (Lipinski definition) is 8. The highest BCUT2D eigenvalue weighted by Gasteiger charge is 2.46. The first-order chi connectivity index (χ1) is 11.6. The molecule has 12 nitrogen and oxygen atoms in total. The monoisotopic (exact) mass is 379 g/mol. The molecule has 1 aromatic heterocycles. The number of aliphatic hydroxyl groups is 1. The number of nitrogens with zero attached hydrogens (tertiary/aromatic N) is 2. The van der Waals surface area contributed by atoms with E-state index < -0.39 is 50.6 Å². The highest BCUT2D eigenvalue weighted by atomic mass is 31.2. The van der Waals surface area contributed by atoms with Crippen molar-refractivity contribution in [1.29, 1.82) is 0 Å². The van der Waals surface area contributed by atoms with Gasteiger partial charge in [-0.25, -0.2) is 9.36 Å². The normalized spacial score (nSPS) is 26.6. The molecule has 1 aromatic rings. The van der Waals surface area contributed by atoms with E-state index in [1.54, 1.807) is 0 Å². The molecule has 0 spiro atoms. The molecule has 1 fully saturated rings. The number of carbonyl (C=O) groups excluding carboxylic acids is 1. The molecular weight excluding hydrogens is 361 g/mol. The summed E-state index contributed by atoms with van der Waals surface area (Å²) in [6.07, 6.45) is -3.25. The third-order valence-electron chi connectivity index (χ3n) is 3.40. The third-order valence-corrected chi connectivity index (χ3v) is 3.89. The predicted octanol–water partition coefficient (Wildman–Crippen LogP) is -1.42. The zero-order valence-corrected chi connectivity index (χ0v) is 14.2. The number of ether oxygens (including phenoxy) is 2. The maximum absolute atomic E-state index is 12.1. The van der Waals surface area contributed by atoms with E-state index in [1.165, 1.54) is 26.3 Å². The fourth-order valence-electron chi connectivity index (χ4n) is 2.36. The van der Waals surface area contributed by atoms with Crippen LogP contribution < -0.4 is 11.0 Å². The van der Waals surface area contributed by atoms with Gasteiger partial charge in [0.15, 0.2) is 6.23 Å². The summed E-state index contributed by atoms with van der Waals surface area (Å²) in [4.78, 5) is 44.3. The molecule has 4 N–H and O–H groups in total. The van der Waals surface area contributed by atoms with Crippen LogP contribution in [0.5, 0.6) is 0 Å². The molecule has 0 saturated carbocycles. The average molecular weight is 379 g/mol. The van der Waals surface area contributed by atoms with Gasteiger partial charge in [0.25, 0.3) is 0 Å². The summed E-state index contributed by atoms with van der Waals surface area (Å²) in [6.45, 7) is 0.657. The Morgan fingerprint density at radius 2 is 2.20 bits per heavy atom. The summed E-state index contributed by atoms with van der Waals surface area (Å²) in [5.41, 5.74) is -0.776. The van der Waals surface area contributed by atoms with Gasteiger partial charge in [0.05, 0.1) is 6.61 Å². The van der Waals surface area contributed by atoms with Crippen LogP contribution in [-0.2, 0) is 23.4 Å². The maximum atomic E-state index is 12.1. The summed E-state index contributed by atoms with van der Waals surface area (Å²) in [7, 11) is -3.47. The summed E-state index contributed by atoms with van der Waals surface area (Å²) >= 11 is 0. The van der Waals surface area contributed by atoms with E-state index in [2.05, 4.69) is 14.8 Å². The summed E-state index contributed by atoms with van der Waals surface area (Å²) in [5.74, 6) is -0.357. The molecule has 1 amide bonds. The molecule has 1 aliphatic heterocycles. The van der Waals surface area contributed by atoms with Gasteiger partial charge in [-0.15, -0.1) is 0 Å². The summed E-state index contributed by atoms with van der Waals surface area (Å²) in [5, 5.41) is 12.5. The Bertz CT molecular complexity index is 733. The van der Waals surface area contributed by atoms with Crippen LogP contribution >= 0.6 is 7.82 Å². The van der Waals surface area contributed by atoms with Crippen LogP contribution in [0.3, 0.4) is 0 Å². The van der Waals surface area contributed by atoms with Gasteiger partial charge in [-0.05, 0) is 6.07 Å². The van der Waals surface area contributed by atoms with Gasteiger partial charge in [-0.2, -0.15) is 4.98 Å². The van der Waals surface area contributed by atoms with Gasteiger partial charge in [-0.1, -0.05) is 0 Å². The lowest BCUT2D eigenvalue weighted by atomic mass is 10.1. The number of amides is 1. The van der Waals surface area contributed by atoms with Crippen LogP contribution in [0.25, 0.3) is 0 Å². The Kier molecular flexibility index (Phi) is 6.06. The molecule has 13 heteroatoms. The Balaban J connectivity index is 2.21. The fraction of sp³-hybridized carbons (Fsp3) is 0.583. The molecule has 1 aliphatic rings. The van der Waals surface area contributed by atoms with E-state index in [1.807, 2.05) is 0 Å². The molecule has 4 unspecified atom stereocenters. The molecule has 2 heterocycles. The number of phosphoric acid groups is 1. The van der Waals surface area contributed by atoms with Crippen molar-refractivity contribution >= 4 is 19.5 Å². The molecule has 0 aromatic carbocycles. The standard InChI is InChI=1S/C12H18N3O9P/c1-6(16)13-8-3-4-15(12(18)14-8)11-10(22-2)9(17)7(24-11)5-23-25(19,20)21/h3-4,7,9-11,17H,5H2,1-2H3,(H2,19,20,21)(H,13,14,16,18). The summed E-state index contributed by atoms with van der Waals surface area (Å²) in [6, 6.07) is 1.35. The van der Waals surface area contributed by atoms with Crippen LogP contribution in [0.1, 0.15) is 13.2 Å². The largest absolute Gasteiger partial charge is 0.469 e. The van der Waals surface area contributed by atoms with Crippen molar-refractivity contribution in [3.05, 3.63) is 22.7 Å². The van der Waals surface area contributed by atoms with Crippen molar-refractivity contribution in [1.82, 2.24) is 9.55 Å². The van der Waals surface area contributed by atoms with Crippen LogP contribution in [0, 0.1) is 0 Å². The highest BCUT2D eigenvalue weighted by molar-refractivity contribution is 7.46. The Labute approximate surface area is 141 Å². The highest BCUT2D eigenvalue weighted by Crippen LogP contribution is 2.38. The van der Waals surface area contributed by atoms with Crippen molar-refractivity contribution in [2.45, 2.75) is 31.5 Å². The van der Waals surface area contributed by atoms with Gasteiger partial charge in [0, 0.05) is 20.2 Å². The minimum absolute atomic E-state index is 0.0441. The molecule has 0 aliphatic carbocycles. The van der Waals surface area contributed by atoms with E-state index >= 15 is 0 Å². The fourth-order valence-corrected chi connectivity index (χ4v) is 2.70. The van der Waals surface area contributed by atoms with Crippen molar-refractivity contribution in [2.24, 2.45) is 0 Å². The van der Waals surface area contributed by atoms with Crippen molar-refractivity contribution in [3.63, 3.8) is 0 Å². The van der Waals surface area contributed by atoms with Gasteiger partial charge in [0.2, 0.25) is 5.91 Å². The smallest absolute Gasteiger partial charge is 0.387 e. The number of methoxy groups -OCH3 is 1. The number of carbonyl (C=O) groups is 1. The lowest BCUT2D eigenvalue weighted by molar-refractivity contribution is -0.114. The van der Waals surface area contributed by atoms with Crippen molar-refractivity contribution in [2.75, 3.05) is 19.0 Å². The van der Waals surface area contributed by atoms with Crippen molar-refractivity contribution in [3.8, 4) is 0 Å². The lowest BCUT2D eigenvalue weighted by Gasteiger charge is -2.20. The Hall–Kier alpha value is -1.66. The first kappa shape index (κ1) is 19.7. The summed E-state index contributed by atoms with van der Waals surface area (Å²) < 4.78 is 26.7. The maximum Gasteiger partial charge on any atom is 0.469 e. The minimum atomic E-state index is -4.75. The van der Waals surface area contributed by atoms with E-state index in [0.29, 0.717) is 0 Å². The number of nitrogens with one attached hydrogen (secondary N) is 1. The molecular formula is C12H18N3O9P. The van der Waals surface area contributed by atoms with Crippen molar-refractivity contribution < 1.29 is 38.3 Å². The van der Waals surface area contributed by atoms with E-state index in [9.17, 15) is 19.3 Å². The zero-order valence-electron chi connectivity index (χ0n) is 13.3. The molecule has 25 heavy (non-hydrogen) atoms. The number of rotatable bonds is 6. The molecule has 0 radical (unpaired) electrons. The lowest BCUT2D eigenvalue weighted by Crippen LogP contribution is -2.37. The second-order valence-electron chi connectivity index (χ2n) is 5.23. The first-order valence-electron chi connectivity index (χ1n) is 7.05. The second kappa shape index (κ2) is 7.70. The predicted molar refractivity (Wildman–Crippen MR) is 81.5 cm³/mol. The quantitative estimate of drug-likeness (QED) is 0.430. The molecule has 0 bridgehead atoms. The number of hydrogen-bond donors (Lipinski definition) is 4. The van der Waals surface area contributed by atoms with Crippen LogP contribution in [0.2, 0.25) is 0 Å². The number of aromatic nitrogens is 2. The molecule has 1 saturated heterocycles. The number of phosphoric ester groups is 1. The van der Waals surface area contributed by atoms with Crippen LogP contribution in [-0.4, -0.2) is 62.4 Å². The van der Waals surface area contributed by atoms with E-state index in [4.69, 9.17) is 19.3 Å². The first-order valence-corrected chi connectivity index (χ1v) is 8.58. The topological polar surface area (TPSA) is 169 Å². The SMILES string of the molecule is COC1C(O)C(COP(=O)(O)O)OC1n1ccc(NC(C)=O)nc1=O. The van der Waals surface area contributed by atoms with Crippen LogP contribution in [0.4, 0.5) is 5.82 Å². The van der Waals surface area contributed by atoms with Crippen LogP contribution in [0.15, 0.2) is 17.1 Å². The van der Waals surface area contributed by atoms with Gasteiger partial charge < -0.3 is 29.7 Å². The Morgan fingerprint density at radius 1 is 1.52 bits per heavy atom.